The molecule has 0 bridgehead atoms. The first-order chi connectivity index (χ1) is 6.95. The van der Waals surface area contributed by atoms with E-state index in [1.807, 2.05) is 32.0 Å². The van der Waals surface area contributed by atoms with E-state index in [0.29, 0.717) is 0 Å². The van der Waals surface area contributed by atoms with Gasteiger partial charge in [-0.15, -0.1) is 0 Å². The van der Waals surface area contributed by atoms with Crippen molar-refractivity contribution in [3.63, 3.8) is 0 Å². The third-order valence-corrected chi connectivity index (χ3v) is 2.89. The molecule has 0 radical (unpaired) electrons. The molecule has 3 nitrogen and oxygen atoms in total. The summed E-state index contributed by atoms with van der Waals surface area (Å²) in [4.78, 5) is 12.7. The molecule has 0 aliphatic rings. The summed E-state index contributed by atoms with van der Waals surface area (Å²) in [6.07, 6.45) is 0. The van der Waals surface area contributed by atoms with Gasteiger partial charge in [0.1, 0.15) is 6.04 Å². The van der Waals surface area contributed by atoms with Crippen molar-refractivity contribution < 1.29 is 9.90 Å². The predicted molar refractivity (Wildman–Crippen MR) is 61.4 cm³/mol. The largest absolute Gasteiger partial charge is 0.480 e. The fourth-order valence-corrected chi connectivity index (χ4v) is 1.49. The highest BCUT2D eigenvalue weighted by Gasteiger charge is 2.18. The molecule has 1 unspecified atom stereocenters. The Kier molecular flexibility index (Phi) is 3.35. The number of hydrogen-bond donors (Lipinski definition) is 1. The smallest absolute Gasteiger partial charge is 0.326 e. The van der Waals surface area contributed by atoms with Gasteiger partial charge in [-0.05, 0) is 38.0 Å². The van der Waals surface area contributed by atoms with Gasteiger partial charge in [0.25, 0.3) is 0 Å². The highest BCUT2D eigenvalue weighted by atomic mass is 16.4. The SMILES string of the molecule is Cc1cccc(N(C)C(C)C(=O)O)c1C. The Morgan fingerprint density at radius 1 is 1.40 bits per heavy atom. The molecule has 0 amide bonds. The molecule has 0 aliphatic heterocycles. The minimum absolute atomic E-state index is 0.509. The molecule has 0 aromatic heterocycles. The van der Waals surface area contributed by atoms with Gasteiger partial charge in [0.15, 0.2) is 0 Å². The van der Waals surface area contributed by atoms with Gasteiger partial charge in [0.2, 0.25) is 0 Å². The molecular weight excluding hydrogens is 190 g/mol. The van der Waals surface area contributed by atoms with Gasteiger partial charge < -0.3 is 10.0 Å². The molecule has 1 atom stereocenters. The molecule has 3 heteroatoms. The summed E-state index contributed by atoms with van der Waals surface area (Å²) in [5.41, 5.74) is 3.29. The molecule has 0 aliphatic carbocycles. The highest BCUT2D eigenvalue weighted by Crippen LogP contribution is 2.23. The molecule has 15 heavy (non-hydrogen) atoms. The van der Waals surface area contributed by atoms with E-state index >= 15 is 0 Å². The number of anilines is 1. The van der Waals surface area contributed by atoms with Crippen LogP contribution >= 0.6 is 0 Å². The van der Waals surface area contributed by atoms with Gasteiger partial charge in [0, 0.05) is 12.7 Å². The quantitative estimate of drug-likeness (QED) is 0.826. The Morgan fingerprint density at radius 3 is 2.53 bits per heavy atom. The first kappa shape index (κ1) is 11.6. The van der Waals surface area contributed by atoms with Gasteiger partial charge in [-0.1, -0.05) is 12.1 Å². The van der Waals surface area contributed by atoms with Gasteiger partial charge >= 0.3 is 5.97 Å². The van der Waals surface area contributed by atoms with E-state index in [1.54, 1.807) is 18.9 Å². The molecule has 1 rings (SSSR count). The summed E-state index contributed by atoms with van der Waals surface area (Å²) >= 11 is 0. The maximum absolute atomic E-state index is 10.9. The third kappa shape index (κ3) is 2.29. The number of hydrogen-bond acceptors (Lipinski definition) is 2. The number of carboxylic acids is 1. The van der Waals surface area contributed by atoms with Crippen LogP contribution < -0.4 is 4.90 Å². The van der Waals surface area contributed by atoms with Crippen molar-refractivity contribution in [2.24, 2.45) is 0 Å². The normalized spacial score (nSPS) is 12.3. The van der Waals surface area contributed by atoms with E-state index in [1.165, 1.54) is 5.56 Å². The Balaban J connectivity index is 3.06. The van der Waals surface area contributed by atoms with Crippen LogP contribution in [0.2, 0.25) is 0 Å². The van der Waals surface area contributed by atoms with Crippen molar-refractivity contribution >= 4 is 11.7 Å². The Morgan fingerprint density at radius 2 is 2.00 bits per heavy atom. The number of benzene rings is 1. The summed E-state index contributed by atoms with van der Waals surface area (Å²) in [5.74, 6) is -0.807. The predicted octanol–water partition coefficient (Wildman–Crippen LogP) is 2.21. The zero-order chi connectivity index (χ0) is 11.6. The van der Waals surface area contributed by atoms with Crippen LogP contribution in [0.1, 0.15) is 18.1 Å². The Bertz CT molecular complexity index is 374. The van der Waals surface area contributed by atoms with Crippen molar-refractivity contribution in [1.82, 2.24) is 0 Å². The minimum Gasteiger partial charge on any atom is -0.480 e. The lowest BCUT2D eigenvalue weighted by Crippen LogP contribution is -2.36. The number of carboxylic acid groups (broad SMARTS) is 1. The van der Waals surface area contributed by atoms with Crippen LogP contribution in [0.4, 0.5) is 5.69 Å². The van der Waals surface area contributed by atoms with Crippen molar-refractivity contribution in [3.8, 4) is 0 Å². The van der Waals surface area contributed by atoms with Crippen molar-refractivity contribution in [2.45, 2.75) is 26.8 Å². The molecule has 1 aromatic carbocycles. The summed E-state index contributed by atoms with van der Waals surface area (Å²) in [7, 11) is 1.81. The second kappa shape index (κ2) is 4.34. The number of carbonyl (C=O) groups is 1. The topological polar surface area (TPSA) is 40.5 Å². The van der Waals surface area contributed by atoms with Crippen LogP contribution in [0, 0.1) is 13.8 Å². The monoisotopic (exact) mass is 207 g/mol. The molecule has 1 aromatic rings. The number of aliphatic carboxylic acids is 1. The van der Waals surface area contributed by atoms with Gasteiger partial charge in [0.05, 0.1) is 0 Å². The van der Waals surface area contributed by atoms with Crippen LogP contribution in [-0.2, 0) is 4.79 Å². The van der Waals surface area contributed by atoms with Gasteiger partial charge in [-0.25, -0.2) is 4.79 Å². The molecule has 0 saturated heterocycles. The molecule has 0 fully saturated rings. The Hall–Kier alpha value is -1.51. The lowest BCUT2D eigenvalue weighted by atomic mass is 10.1. The van der Waals surface area contributed by atoms with Crippen molar-refractivity contribution in [2.75, 3.05) is 11.9 Å². The first-order valence-corrected chi connectivity index (χ1v) is 4.97. The maximum Gasteiger partial charge on any atom is 0.326 e. The molecule has 0 saturated carbocycles. The van der Waals surface area contributed by atoms with Crippen LogP contribution in [0.5, 0.6) is 0 Å². The number of nitrogens with zero attached hydrogens (tertiary/aromatic N) is 1. The zero-order valence-corrected chi connectivity index (χ0v) is 9.61. The summed E-state index contributed by atoms with van der Waals surface area (Å²) in [5, 5.41) is 8.93. The van der Waals surface area contributed by atoms with E-state index in [9.17, 15) is 4.79 Å². The van der Waals surface area contributed by atoms with Crippen LogP contribution in [0.15, 0.2) is 18.2 Å². The fraction of sp³-hybridized carbons (Fsp3) is 0.417. The van der Waals surface area contributed by atoms with Gasteiger partial charge in [-0.3, -0.25) is 0 Å². The standard InChI is InChI=1S/C12H17NO2/c1-8-6-5-7-11(9(8)2)13(4)10(3)12(14)15/h5-7,10H,1-4H3,(H,14,15). The lowest BCUT2D eigenvalue weighted by Gasteiger charge is -2.26. The second-order valence-corrected chi connectivity index (χ2v) is 3.84. The number of rotatable bonds is 3. The van der Waals surface area contributed by atoms with E-state index < -0.39 is 12.0 Å². The number of aryl methyl sites for hydroxylation is 1. The van der Waals surface area contributed by atoms with Crippen LogP contribution in [-0.4, -0.2) is 24.2 Å². The zero-order valence-electron chi connectivity index (χ0n) is 9.61. The second-order valence-electron chi connectivity index (χ2n) is 3.84. The summed E-state index contributed by atoms with van der Waals surface area (Å²) in [6, 6.07) is 5.41. The van der Waals surface area contributed by atoms with E-state index in [4.69, 9.17) is 5.11 Å². The molecule has 82 valence electrons. The van der Waals surface area contributed by atoms with Crippen LogP contribution in [0.25, 0.3) is 0 Å². The molecule has 1 N–H and O–H groups in total. The average Bonchev–Trinajstić information content (AvgIpc) is 2.20. The fourth-order valence-electron chi connectivity index (χ4n) is 1.49. The lowest BCUT2D eigenvalue weighted by molar-refractivity contribution is -0.138. The summed E-state index contributed by atoms with van der Waals surface area (Å²) in [6.45, 7) is 5.72. The van der Waals surface area contributed by atoms with E-state index in [0.717, 1.165) is 11.3 Å². The maximum atomic E-state index is 10.9. The number of likely N-dealkylation sites (N-methyl/N-ethyl adjacent to an activating group) is 1. The molecular formula is C12H17NO2. The van der Waals surface area contributed by atoms with Crippen molar-refractivity contribution in [1.29, 1.82) is 0 Å². The minimum atomic E-state index is -0.807. The van der Waals surface area contributed by atoms with Crippen LogP contribution in [0.3, 0.4) is 0 Å². The van der Waals surface area contributed by atoms with E-state index in [2.05, 4.69) is 0 Å². The van der Waals surface area contributed by atoms with Crippen molar-refractivity contribution in [3.05, 3.63) is 29.3 Å². The Labute approximate surface area is 90.3 Å². The first-order valence-electron chi connectivity index (χ1n) is 4.97. The van der Waals surface area contributed by atoms with E-state index in [-0.39, 0.29) is 0 Å². The van der Waals surface area contributed by atoms with Gasteiger partial charge in [-0.2, -0.15) is 0 Å². The summed E-state index contributed by atoms with van der Waals surface area (Å²) < 4.78 is 0. The average molecular weight is 207 g/mol. The third-order valence-electron chi connectivity index (χ3n) is 2.89. The molecule has 0 spiro atoms. The highest BCUT2D eigenvalue weighted by molar-refractivity contribution is 5.78. The molecule has 0 heterocycles.